The number of hydrogen-bond acceptors (Lipinski definition) is 4. The monoisotopic (exact) mass is 347 g/mol. The van der Waals surface area contributed by atoms with Crippen LogP contribution in [0.3, 0.4) is 0 Å². The summed E-state index contributed by atoms with van der Waals surface area (Å²) in [7, 11) is -3.36. The first-order valence-electron chi connectivity index (χ1n) is 8.71. The summed E-state index contributed by atoms with van der Waals surface area (Å²) < 4.78 is 26.4. The van der Waals surface area contributed by atoms with Gasteiger partial charge in [0.1, 0.15) is 0 Å². The molecule has 1 amide bonds. The van der Waals surface area contributed by atoms with E-state index in [1.165, 1.54) is 0 Å². The first-order chi connectivity index (χ1) is 10.7. The minimum absolute atomic E-state index is 0.0527. The lowest BCUT2D eigenvalue weighted by molar-refractivity contribution is -0.132. The van der Waals surface area contributed by atoms with Crippen LogP contribution in [0.4, 0.5) is 0 Å². The van der Waals surface area contributed by atoms with Crippen molar-refractivity contribution in [1.29, 1.82) is 0 Å². The number of carbonyl (C=O) groups is 1. The number of piperazine rings is 1. The highest BCUT2D eigenvalue weighted by Crippen LogP contribution is 2.07. The predicted molar refractivity (Wildman–Crippen MR) is 93.7 cm³/mol. The summed E-state index contributed by atoms with van der Waals surface area (Å²) in [5.74, 6) is 0.769. The van der Waals surface area contributed by atoms with Crippen molar-refractivity contribution in [3.8, 4) is 0 Å². The summed E-state index contributed by atoms with van der Waals surface area (Å²) in [4.78, 5) is 16.3. The SMILES string of the molecule is CCC(C)CNS(=O)(=O)CCC(=O)N1CCN(CC(C)C)CC1. The molecule has 0 aliphatic carbocycles. The lowest BCUT2D eigenvalue weighted by atomic mass is 10.1. The summed E-state index contributed by atoms with van der Waals surface area (Å²) in [5, 5.41) is 0. The lowest BCUT2D eigenvalue weighted by Gasteiger charge is -2.35. The summed E-state index contributed by atoms with van der Waals surface area (Å²) in [6.45, 7) is 13.1. The molecular formula is C16H33N3O3S. The molecule has 1 aliphatic rings. The molecule has 1 heterocycles. The Morgan fingerprint density at radius 3 is 2.26 bits per heavy atom. The normalized spacial score (nSPS) is 18.4. The van der Waals surface area contributed by atoms with Gasteiger partial charge in [-0.1, -0.05) is 34.1 Å². The van der Waals surface area contributed by atoms with Crippen LogP contribution in [0.1, 0.15) is 40.5 Å². The number of nitrogens with zero attached hydrogens (tertiary/aromatic N) is 2. The predicted octanol–water partition coefficient (Wildman–Crippen LogP) is 1.14. The molecule has 0 saturated carbocycles. The number of hydrogen-bond donors (Lipinski definition) is 1. The average Bonchev–Trinajstić information content (AvgIpc) is 2.50. The van der Waals surface area contributed by atoms with Gasteiger partial charge < -0.3 is 4.90 Å². The summed E-state index contributed by atoms with van der Waals surface area (Å²) >= 11 is 0. The highest BCUT2D eigenvalue weighted by Gasteiger charge is 2.23. The fourth-order valence-corrected chi connectivity index (χ4v) is 3.69. The Balaban J connectivity index is 2.31. The highest BCUT2D eigenvalue weighted by atomic mass is 32.2. The van der Waals surface area contributed by atoms with E-state index in [9.17, 15) is 13.2 Å². The molecule has 0 radical (unpaired) electrons. The topological polar surface area (TPSA) is 69.7 Å². The van der Waals surface area contributed by atoms with Crippen molar-refractivity contribution in [3.63, 3.8) is 0 Å². The van der Waals surface area contributed by atoms with Crippen LogP contribution in [0.15, 0.2) is 0 Å². The standard InChI is InChI=1S/C16H33N3O3S/c1-5-15(4)12-17-23(21,22)11-6-16(20)19-9-7-18(8-10-19)13-14(2)3/h14-15,17H,5-13H2,1-4H3. The van der Waals surface area contributed by atoms with E-state index in [2.05, 4.69) is 23.5 Å². The molecule has 0 aromatic rings. The Morgan fingerprint density at radius 1 is 1.13 bits per heavy atom. The maximum atomic E-state index is 12.2. The fraction of sp³-hybridized carbons (Fsp3) is 0.938. The summed E-state index contributed by atoms with van der Waals surface area (Å²) in [6.07, 6.45) is 1.00. The second-order valence-electron chi connectivity index (χ2n) is 7.01. The molecule has 1 saturated heterocycles. The van der Waals surface area contributed by atoms with Gasteiger partial charge in [0.2, 0.25) is 15.9 Å². The number of rotatable bonds is 9. The minimum Gasteiger partial charge on any atom is -0.340 e. The zero-order chi connectivity index (χ0) is 17.5. The third-order valence-electron chi connectivity index (χ3n) is 4.28. The molecule has 1 rings (SSSR count). The molecule has 1 aliphatic heterocycles. The summed E-state index contributed by atoms with van der Waals surface area (Å²) in [5.41, 5.74) is 0. The second kappa shape index (κ2) is 9.59. The van der Waals surface area contributed by atoms with Crippen molar-refractivity contribution in [3.05, 3.63) is 0 Å². The van der Waals surface area contributed by atoms with Crippen molar-refractivity contribution < 1.29 is 13.2 Å². The smallest absolute Gasteiger partial charge is 0.223 e. The zero-order valence-corrected chi connectivity index (χ0v) is 15.9. The van der Waals surface area contributed by atoms with Crippen LogP contribution < -0.4 is 4.72 Å². The maximum absolute atomic E-state index is 12.2. The minimum atomic E-state index is -3.36. The Labute approximate surface area is 141 Å². The van der Waals surface area contributed by atoms with Gasteiger partial charge >= 0.3 is 0 Å². The second-order valence-corrected chi connectivity index (χ2v) is 8.93. The average molecular weight is 348 g/mol. The molecule has 0 spiro atoms. The number of nitrogens with one attached hydrogen (secondary N) is 1. The van der Waals surface area contributed by atoms with Gasteiger partial charge in [-0.3, -0.25) is 9.69 Å². The Hall–Kier alpha value is -0.660. The van der Waals surface area contributed by atoms with E-state index in [1.807, 2.05) is 13.8 Å². The Bertz CT molecular complexity index is 457. The van der Waals surface area contributed by atoms with Gasteiger partial charge in [0.15, 0.2) is 0 Å². The lowest BCUT2D eigenvalue weighted by Crippen LogP contribution is -2.49. The fourth-order valence-electron chi connectivity index (χ4n) is 2.56. The number of carbonyl (C=O) groups excluding carboxylic acids is 1. The van der Waals surface area contributed by atoms with Crippen LogP contribution in [-0.2, 0) is 14.8 Å². The molecule has 1 fully saturated rings. The number of amides is 1. The van der Waals surface area contributed by atoms with Gasteiger partial charge in [-0.25, -0.2) is 13.1 Å². The van der Waals surface area contributed by atoms with Gasteiger partial charge in [0.05, 0.1) is 5.75 Å². The van der Waals surface area contributed by atoms with Gasteiger partial charge in [0, 0.05) is 45.7 Å². The van der Waals surface area contributed by atoms with Crippen LogP contribution in [-0.4, -0.2) is 69.1 Å². The molecule has 0 aromatic carbocycles. The van der Waals surface area contributed by atoms with E-state index in [1.54, 1.807) is 4.90 Å². The van der Waals surface area contributed by atoms with Crippen LogP contribution in [0, 0.1) is 11.8 Å². The molecule has 1 N–H and O–H groups in total. The number of sulfonamides is 1. The van der Waals surface area contributed by atoms with Crippen LogP contribution in [0.25, 0.3) is 0 Å². The molecule has 0 aromatic heterocycles. The van der Waals surface area contributed by atoms with Crippen molar-refractivity contribution in [2.45, 2.75) is 40.5 Å². The van der Waals surface area contributed by atoms with Gasteiger partial charge in [0.25, 0.3) is 0 Å². The van der Waals surface area contributed by atoms with E-state index >= 15 is 0 Å². The van der Waals surface area contributed by atoms with Crippen molar-refractivity contribution in [2.24, 2.45) is 11.8 Å². The molecule has 6 nitrogen and oxygen atoms in total. The summed E-state index contributed by atoms with van der Waals surface area (Å²) in [6, 6.07) is 0. The molecule has 1 unspecified atom stereocenters. The molecular weight excluding hydrogens is 314 g/mol. The first kappa shape index (κ1) is 20.4. The zero-order valence-electron chi connectivity index (χ0n) is 15.0. The van der Waals surface area contributed by atoms with Crippen molar-refractivity contribution in [1.82, 2.24) is 14.5 Å². The quantitative estimate of drug-likeness (QED) is 0.679. The highest BCUT2D eigenvalue weighted by molar-refractivity contribution is 7.89. The third kappa shape index (κ3) is 8.13. The maximum Gasteiger partial charge on any atom is 0.223 e. The molecule has 0 bridgehead atoms. The first-order valence-corrected chi connectivity index (χ1v) is 10.4. The van der Waals surface area contributed by atoms with E-state index in [0.29, 0.717) is 31.5 Å². The van der Waals surface area contributed by atoms with Gasteiger partial charge in [-0.2, -0.15) is 0 Å². The molecule has 23 heavy (non-hydrogen) atoms. The van der Waals surface area contributed by atoms with E-state index in [0.717, 1.165) is 26.1 Å². The van der Waals surface area contributed by atoms with Gasteiger partial charge in [-0.05, 0) is 11.8 Å². The van der Waals surface area contributed by atoms with E-state index in [-0.39, 0.29) is 18.1 Å². The van der Waals surface area contributed by atoms with E-state index in [4.69, 9.17) is 0 Å². The van der Waals surface area contributed by atoms with Crippen molar-refractivity contribution >= 4 is 15.9 Å². The Morgan fingerprint density at radius 2 is 1.74 bits per heavy atom. The van der Waals surface area contributed by atoms with E-state index < -0.39 is 10.0 Å². The van der Waals surface area contributed by atoms with Crippen LogP contribution in [0.5, 0.6) is 0 Å². The molecule has 136 valence electrons. The van der Waals surface area contributed by atoms with Gasteiger partial charge in [-0.15, -0.1) is 0 Å². The van der Waals surface area contributed by atoms with Crippen LogP contribution >= 0.6 is 0 Å². The molecule has 1 atom stereocenters. The van der Waals surface area contributed by atoms with Crippen molar-refractivity contribution in [2.75, 3.05) is 45.0 Å². The third-order valence-corrected chi connectivity index (χ3v) is 5.63. The molecule has 7 heteroatoms. The Kier molecular flexibility index (Phi) is 8.50. The van der Waals surface area contributed by atoms with Crippen LogP contribution in [0.2, 0.25) is 0 Å². The largest absolute Gasteiger partial charge is 0.340 e.